The maximum Gasteiger partial charge on any atom is 0.182 e. The lowest BCUT2D eigenvalue weighted by Crippen LogP contribution is -2.13. The van der Waals surface area contributed by atoms with Crippen molar-refractivity contribution in [1.82, 2.24) is 15.0 Å². The number of nitrogens with one attached hydrogen (secondary N) is 1. The number of aromatic nitrogens is 3. The molecule has 0 amide bonds. The van der Waals surface area contributed by atoms with Crippen LogP contribution in [-0.4, -0.2) is 15.0 Å². The Bertz CT molecular complexity index is 813. The Morgan fingerprint density at radius 2 is 1.68 bits per heavy atom. The third-order valence-corrected chi connectivity index (χ3v) is 3.87. The van der Waals surface area contributed by atoms with Gasteiger partial charge in [-0.1, -0.05) is 53.7 Å². The SMILES string of the molecule is CC(C)(C)c1ncc(-c2ccc(C(C)(C)C)c3ocnc23)[nH]1. The molecule has 2 aromatic heterocycles. The van der Waals surface area contributed by atoms with Crippen LogP contribution in [0.15, 0.2) is 29.1 Å². The van der Waals surface area contributed by atoms with Gasteiger partial charge in [-0.05, 0) is 5.41 Å². The van der Waals surface area contributed by atoms with E-state index in [9.17, 15) is 0 Å². The van der Waals surface area contributed by atoms with Crippen LogP contribution in [0.4, 0.5) is 0 Å². The van der Waals surface area contributed by atoms with Crippen molar-refractivity contribution >= 4 is 11.1 Å². The second-order valence-corrected chi connectivity index (χ2v) is 7.84. The quantitative estimate of drug-likeness (QED) is 0.701. The zero-order valence-corrected chi connectivity index (χ0v) is 14.1. The summed E-state index contributed by atoms with van der Waals surface area (Å²) in [6.07, 6.45) is 3.39. The van der Waals surface area contributed by atoms with Gasteiger partial charge in [-0.15, -0.1) is 0 Å². The number of imidazole rings is 1. The fourth-order valence-corrected chi connectivity index (χ4v) is 2.60. The van der Waals surface area contributed by atoms with Gasteiger partial charge in [0.1, 0.15) is 11.3 Å². The van der Waals surface area contributed by atoms with Crippen molar-refractivity contribution in [1.29, 1.82) is 0 Å². The fraction of sp³-hybridized carbons (Fsp3) is 0.444. The molecule has 4 heteroatoms. The normalized spacial score (nSPS) is 13.0. The summed E-state index contributed by atoms with van der Waals surface area (Å²) >= 11 is 0. The van der Waals surface area contributed by atoms with Crippen LogP contribution in [0.5, 0.6) is 0 Å². The molecule has 4 nitrogen and oxygen atoms in total. The molecule has 2 heterocycles. The van der Waals surface area contributed by atoms with E-state index in [1.54, 1.807) is 0 Å². The van der Waals surface area contributed by atoms with Gasteiger partial charge in [0.05, 0.1) is 11.9 Å². The minimum atomic E-state index is -0.00740. The van der Waals surface area contributed by atoms with Crippen LogP contribution in [-0.2, 0) is 10.8 Å². The van der Waals surface area contributed by atoms with E-state index in [2.05, 4.69) is 68.6 Å². The van der Waals surface area contributed by atoms with Gasteiger partial charge in [-0.25, -0.2) is 9.97 Å². The molecule has 3 aromatic rings. The molecule has 0 aliphatic rings. The summed E-state index contributed by atoms with van der Waals surface area (Å²) in [5, 5.41) is 0. The van der Waals surface area contributed by atoms with E-state index in [1.807, 2.05) is 6.20 Å². The lowest BCUT2D eigenvalue weighted by Gasteiger charge is -2.19. The maximum absolute atomic E-state index is 5.67. The average Bonchev–Trinajstić information content (AvgIpc) is 3.04. The van der Waals surface area contributed by atoms with E-state index < -0.39 is 0 Å². The third-order valence-electron chi connectivity index (χ3n) is 3.87. The number of H-pyrrole nitrogens is 1. The Kier molecular flexibility index (Phi) is 3.17. The number of benzene rings is 1. The predicted octanol–water partition coefficient (Wildman–Crippen LogP) is 4.81. The van der Waals surface area contributed by atoms with Gasteiger partial charge in [0.25, 0.3) is 0 Å². The molecule has 0 atom stereocenters. The highest BCUT2D eigenvalue weighted by atomic mass is 16.3. The lowest BCUT2D eigenvalue weighted by atomic mass is 9.85. The molecule has 0 fully saturated rings. The second kappa shape index (κ2) is 4.70. The number of rotatable bonds is 1. The zero-order chi connectivity index (χ0) is 16.1. The van der Waals surface area contributed by atoms with Crippen LogP contribution in [0.2, 0.25) is 0 Å². The molecule has 1 aromatic carbocycles. The highest BCUT2D eigenvalue weighted by Crippen LogP contribution is 2.35. The third kappa shape index (κ3) is 2.43. The molecule has 22 heavy (non-hydrogen) atoms. The van der Waals surface area contributed by atoms with Crippen LogP contribution in [0, 0.1) is 0 Å². The number of hydrogen-bond acceptors (Lipinski definition) is 3. The highest BCUT2D eigenvalue weighted by Gasteiger charge is 2.23. The summed E-state index contributed by atoms with van der Waals surface area (Å²) < 4.78 is 5.67. The van der Waals surface area contributed by atoms with E-state index in [0.717, 1.165) is 28.2 Å². The molecule has 116 valence electrons. The molecule has 0 saturated heterocycles. The Labute approximate surface area is 131 Å². The van der Waals surface area contributed by atoms with E-state index in [4.69, 9.17) is 4.42 Å². The maximum atomic E-state index is 5.67. The summed E-state index contributed by atoms with van der Waals surface area (Å²) in [5.41, 5.74) is 4.92. The van der Waals surface area contributed by atoms with Crippen molar-refractivity contribution < 1.29 is 4.42 Å². The first-order valence-corrected chi connectivity index (χ1v) is 7.60. The largest absolute Gasteiger partial charge is 0.443 e. The van der Waals surface area contributed by atoms with Crippen molar-refractivity contribution in [2.75, 3.05) is 0 Å². The number of fused-ring (bicyclic) bond motifs is 1. The van der Waals surface area contributed by atoms with Crippen molar-refractivity contribution in [3.63, 3.8) is 0 Å². The number of hydrogen-bond donors (Lipinski definition) is 1. The first-order valence-electron chi connectivity index (χ1n) is 7.60. The molecule has 0 bridgehead atoms. The first-order chi connectivity index (χ1) is 10.2. The van der Waals surface area contributed by atoms with Crippen molar-refractivity contribution in [2.24, 2.45) is 0 Å². The summed E-state index contributed by atoms with van der Waals surface area (Å²) in [6.45, 7) is 13.0. The minimum absolute atomic E-state index is 0.00740. The van der Waals surface area contributed by atoms with E-state index in [-0.39, 0.29) is 10.8 Å². The standard InChI is InChI=1S/C18H23N3O/c1-17(2,3)12-8-7-11(14-15(12)22-10-20-14)13-9-19-16(21-13)18(4,5)6/h7-10H,1-6H3,(H,19,21). The molecular formula is C18H23N3O. The molecule has 0 aliphatic heterocycles. The summed E-state index contributed by atoms with van der Waals surface area (Å²) in [6, 6.07) is 4.23. The van der Waals surface area contributed by atoms with Crippen LogP contribution in [0.3, 0.4) is 0 Å². The summed E-state index contributed by atoms with van der Waals surface area (Å²) in [7, 11) is 0. The molecule has 3 rings (SSSR count). The van der Waals surface area contributed by atoms with Gasteiger partial charge in [0, 0.05) is 16.5 Å². The van der Waals surface area contributed by atoms with Crippen LogP contribution < -0.4 is 0 Å². The lowest BCUT2D eigenvalue weighted by molar-refractivity contribution is 0.553. The van der Waals surface area contributed by atoms with E-state index >= 15 is 0 Å². The fourth-order valence-electron chi connectivity index (χ4n) is 2.60. The average molecular weight is 297 g/mol. The van der Waals surface area contributed by atoms with Crippen LogP contribution in [0.25, 0.3) is 22.4 Å². The van der Waals surface area contributed by atoms with Gasteiger partial charge >= 0.3 is 0 Å². The smallest absolute Gasteiger partial charge is 0.182 e. The highest BCUT2D eigenvalue weighted by molar-refractivity contribution is 5.91. The molecule has 0 aliphatic carbocycles. The first kappa shape index (κ1) is 14.8. The minimum Gasteiger partial charge on any atom is -0.443 e. The van der Waals surface area contributed by atoms with Gasteiger partial charge < -0.3 is 9.40 Å². The van der Waals surface area contributed by atoms with E-state index in [0.29, 0.717) is 0 Å². The summed E-state index contributed by atoms with van der Waals surface area (Å²) in [4.78, 5) is 12.4. The molecule has 0 radical (unpaired) electrons. The van der Waals surface area contributed by atoms with Crippen LogP contribution in [0.1, 0.15) is 52.9 Å². The van der Waals surface area contributed by atoms with Crippen LogP contribution >= 0.6 is 0 Å². The molecule has 0 spiro atoms. The molecule has 0 unspecified atom stereocenters. The number of nitrogens with zero attached hydrogens (tertiary/aromatic N) is 2. The van der Waals surface area contributed by atoms with Crippen molar-refractivity contribution in [3.05, 3.63) is 36.1 Å². The van der Waals surface area contributed by atoms with Crippen molar-refractivity contribution in [2.45, 2.75) is 52.4 Å². The summed E-state index contributed by atoms with van der Waals surface area (Å²) in [5.74, 6) is 0.971. The zero-order valence-electron chi connectivity index (χ0n) is 14.1. The van der Waals surface area contributed by atoms with Gasteiger partial charge in [0.2, 0.25) is 0 Å². The topological polar surface area (TPSA) is 54.7 Å². The number of aromatic amines is 1. The number of oxazole rings is 1. The predicted molar refractivity (Wildman–Crippen MR) is 89.0 cm³/mol. The second-order valence-electron chi connectivity index (χ2n) is 7.84. The molecule has 1 N–H and O–H groups in total. The molecular weight excluding hydrogens is 274 g/mol. The van der Waals surface area contributed by atoms with Gasteiger partial charge in [-0.3, -0.25) is 0 Å². The Hall–Kier alpha value is -2.10. The van der Waals surface area contributed by atoms with Crippen molar-refractivity contribution in [3.8, 4) is 11.3 Å². The Morgan fingerprint density at radius 1 is 0.955 bits per heavy atom. The monoisotopic (exact) mass is 297 g/mol. The Balaban J connectivity index is 2.17. The van der Waals surface area contributed by atoms with Gasteiger partial charge in [-0.2, -0.15) is 0 Å². The van der Waals surface area contributed by atoms with E-state index in [1.165, 1.54) is 12.0 Å². The Morgan fingerprint density at radius 3 is 2.27 bits per heavy atom. The van der Waals surface area contributed by atoms with Gasteiger partial charge in [0.15, 0.2) is 12.0 Å². The molecule has 0 saturated carbocycles.